The summed E-state index contributed by atoms with van der Waals surface area (Å²) in [6, 6.07) is 17.7. The number of hydrogen-bond acceptors (Lipinski definition) is 1. The maximum Gasteiger partial charge on any atom is 0.213 e. The van der Waals surface area contributed by atoms with Crippen LogP contribution in [0.5, 0.6) is 0 Å². The highest BCUT2D eigenvalue weighted by atomic mass is 19.1. The zero-order valence-electron chi connectivity index (χ0n) is 11.8. The van der Waals surface area contributed by atoms with Crippen LogP contribution in [0.3, 0.4) is 0 Å². The van der Waals surface area contributed by atoms with E-state index in [0.717, 1.165) is 12.2 Å². The molecule has 1 aromatic heterocycles. The molecule has 4 rings (SSSR count). The van der Waals surface area contributed by atoms with Crippen molar-refractivity contribution in [2.45, 2.75) is 6.54 Å². The average Bonchev–Trinajstić information content (AvgIpc) is 2.92. The monoisotopic (exact) mass is 290 g/mol. The van der Waals surface area contributed by atoms with Gasteiger partial charge in [0.05, 0.1) is 11.1 Å². The number of hydrogen-bond donors (Lipinski definition) is 0. The highest BCUT2D eigenvalue weighted by Crippen LogP contribution is 2.26. The molecule has 2 aromatic carbocycles. The molecule has 1 aliphatic rings. The van der Waals surface area contributed by atoms with E-state index in [-0.39, 0.29) is 11.6 Å². The van der Waals surface area contributed by atoms with Gasteiger partial charge < -0.3 is 0 Å². The summed E-state index contributed by atoms with van der Waals surface area (Å²) in [5.41, 5.74) is 4.70. The van der Waals surface area contributed by atoms with Gasteiger partial charge in [-0.2, -0.15) is 4.57 Å². The Morgan fingerprint density at radius 2 is 1.64 bits per heavy atom. The first-order chi connectivity index (χ1) is 10.7. The van der Waals surface area contributed by atoms with E-state index in [4.69, 9.17) is 0 Å². The van der Waals surface area contributed by atoms with Crippen LogP contribution in [0.15, 0.2) is 66.9 Å². The summed E-state index contributed by atoms with van der Waals surface area (Å²) in [6.45, 7) is 0.774. The molecule has 0 fully saturated rings. The molecule has 106 valence electrons. The summed E-state index contributed by atoms with van der Waals surface area (Å²) in [4.78, 5) is 12.5. The van der Waals surface area contributed by atoms with Crippen molar-refractivity contribution in [3.05, 3.63) is 89.4 Å². The van der Waals surface area contributed by atoms with Gasteiger partial charge in [-0.15, -0.1) is 0 Å². The molecule has 0 amide bonds. The number of nitrogens with zero attached hydrogens (tertiary/aromatic N) is 1. The molecule has 22 heavy (non-hydrogen) atoms. The number of fused-ring (bicyclic) bond motifs is 3. The Morgan fingerprint density at radius 1 is 0.909 bits per heavy atom. The number of pyridine rings is 1. The van der Waals surface area contributed by atoms with Gasteiger partial charge in [0.15, 0.2) is 18.5 Å². The van der Waals surface area contributed by atoms with Gasteiger partial charge in [0, 0.05) is 17.2 Å². The molecule has 2 nitrogen and oxygen atoms in total. The molecular formula is C19H13FNO+. The maximum absolute atomic E-state index is 13.0. The van der Waals surface area contributed by atoms with Crippen molar-refractivity contribution in [3.63, 3.8) is 0 Å². The van der Waals surface area contributed by atoms with Crippen molar-refractivity contribution < 1.29 is 13.8 Å². The van der Waals surface area contributed by atoms with Gasteiger partial charge in [-0.3, -0.25) is 4.79 Å². The Balaban J connectivity index is 1.73. The van der Waals surface area contributed by atoms with Crippen molar-refractivity contribution in [3.8, 4) is 11.3 Å². The lowest BCUT2D eigenvalue weighted by molar-refractivity contribution is -0.672. The number of halogens is 1. The van der Waals surface area contributed by atoms with E-state index in [0.29, 0.717) is 11.1 Å². The van der Waals surface area contributed by atoms with Crippen molar-refractivity contribution >= 4 is 5.78 Å². The number of carbonyl (C=O) groups is 1. The zero-order valence-corrected chi connectivity index (χ0v) is 11.8. The normalized spacial score (nSPS) is 11.9. The van der Waals surface area contributed by atoms with E-state index in [9.17, 15) is 9.18 Å². The molecule has 0 bridgehead atoms. The van der Waals surface area contributed by atoms with Gasteiger partial charge in [-0.25, -0.2) is 4.39 Å². The SMILES string of the molecule is O=C(c1ccc(F)cc1)c1ccc2[n+](c1)Cc1ccccc1-2. The van der Waals surface area contributed by atoms with Crippen molar-refractivity contribution in [1.29, 1.82) is 0 Å². The fourth-order valence-corrected chi connectivity index (χ4v) is 2.91. The Bertz CT molecular complexity index is 884. The minimum atomic E-state index is -0.338. The second-order valence-electron chi connectivity index (χ2n) is 5.42. The third-order valence-corrected chi connectivity index (χ3v) is 4.03. The number of ketones is 1. The summed E-state index contributed by atoms with van der Waals surface area (Å²) in [6.07, 6.45) is 1.88. The van der Waals surface area contributed by atoms with Crippen LogP contribution in [0.2, 0.25) is 0 Å². The van der Waals surface area contributed by atoms with Crippen LogP contribution in [-0.2, 0) is 6.54 Å². The molecule has 2 heterocycles. The lowest BCUT2D eigenvalue weighted by Gasteiger charge is -2.01. The highest BCUT2D eigenvalue weighted by molar-refractivity contribution is 6.08. The van der Waals surface area contributed by atoms with E-state index in [1.165, 1.54) is 35.4 Å². The molecule has 0 radical (unpaired) electrons. The summed E-state index contributed by atoms with van der Waals surface area (Å²) in [5, 5.41) is 0. The van der Waals surface area contributed by atoms with E-state index in [1.54, 1.807) is 0 Å². The minimum absolute atomic E-state index is 0.0914. The first kappa shape index (κ1) is 12.9. The fraction of sp³-hybridized carbons (Fsp3) is 0.0526. The van der Waals surface area contributed by atoms with Crippen molar-refractivity contribution in [1.82, 2.24) is 0 Å². The molecule has 0 saturated heterocycles. The van der Waals surface area contributed by atoms with E-state index in [2.05, 4.69) is 16.7 Å². The van der Waals surface area contributed by atoms with Crippen LogP contribution >= 0.6 is 0 Å². The first-order valence-electron chi connectivity index (χ1n) is 7.14. The Labute approximate surface area is 127 Å². The molecule has 3 heteroatoms. The smallest absolute Gasteiger partial charge is 0.213 e. The standard InChI is InChI=1S/C19H13FNO/c20-16-8-5-13(6-9-16)19(22)15-7-10-18-17-4-2-1-3-14(17)11-21(18)12-15/h1-10,12H,11H2/q+1. The Hall–Kier alpha value is -2.81. The van der Waals surface area contributed by atoms with Crippen LogP contribution < -0.4 is 4.57 Å². The average molecular weight is 290 g/mol. The lowest BCUT2D eigenvalue weighted by atomic mass is 10.0. The highest BCUT2D eigenvalue weighted by Gasteiger charge is 2.26. The largest absolute Gasteiger partial charge is 0.288 e. The van der Waals surface area contributed by atoms with Gasteiger partial charge in [-0.05, 0) is 36.4 Å². The summed E-state index contributed by atoms with van der Waals surface area (Å²) < 4.78 is 15.1. The van der Waals surface area contributed by atoms with Gasteiger partial charge in [-0.1, -0.05) is 18.2 Å². The van der Waals surface area contributed by atoms with E-state index in [1.807, 2.05) is 30.5 Å². The molecule has 0 unspecified atom stereocenters. The van der Waals surface area contributed by atoms with Crippen LogP contribution in [0, 0.1) is 5.82 Å². The lowest BCUT2D eigenvalue weighted by Crippen LogP contribution is -2.33. The van der Waals surface area contributed by atoms with E-state index >= 15 is 0 Å². The molecule has 1 aliphatic heterocycles. The second kappa shape index (κ2) is 4.88. The number of benzene rings is 2. The van der Waals surface area contributed by atoms with Gasteiger partial charge in [0.2, 0.25) is 5.69 Å². The fourth-order valence-electron chi connectivity index (χ4n) is 2.91. The quantitative estimate of drug-likeness (QED) is 0.409. The molecule has 0 aliphatic carbocycles. The van der Waals surface area contributed by atoms with Crippen molar-refractivity contribution in [2.24, 2.45) is 0 Å². The number of carbonyl (C=O) groups excluding carboxylic acids is 1. The zero-order chi connectivity index (χ0) is 15.1. The van der Waals surface area contributed by atoms with Crippen LogP contribution in [0.4, 0.5) is 4.39 Å². The molecule has 0 saturated carbocycles. The van der Waals surface area contributed by atoms with Crippen LogP contribution in [-0.4, -0.2) is 5.78 Å². The second-order valence-corrected chi connectivity index (χ2v) is 5.42. The first-order valence-corrected chi connectivity index (χ1v) is 7.14. The Morgan fingerprint density at radius 3 is 2.45 bits per heavy atom. The van der Waals surface area contributed by atoms with E-state index < -0.39 is 0 Å². The van der Waals surface area contributed by atoms with Gasteiger partial charge in [0.1, 0.15) is 5.82 Å². The molecule has 0 atom stereocenters. The third kappa shape index (κ3) is 2.02. The van der Waals surface area contributed by atoms with Crippen LogP contribution in [0.25, 0.3) is 11.3 Å². The number of rotatable bonds is 2. The van der Waals surface area contributed by atoms with Crippen molar-refractivity contribution in [2.75, 3.05) is 0 Å². The predicted molar refractivity (Wildman–Crippen MR) is 81.0 cm³/mol. The third-order valence-electron chi connectivity index (χ3n) is 4.03. The molecule has 0 N–H and O–H groups in total. The molecular weight excluding hydrogens is 277 g/mol. The minimum Gasteiger partial charge on any atom is -0.288 e. The van der Waals surface area contributed by atoms with Gasteiger partial charge >= 0.3 is 0 Å². The number of aromatic nitrogens is 1. The maximum atomic E-state index is 13.0. The Kier molecular flexibility index (Phi) is 2.86. The van der Waals surface area contributed by atoms with Crippen LogP contribution in [0.1, 0.15) is 21.5 Å². The predicted octanol–water partition coefficient (Wildman–Crippen LogP) is 3.37. The molecule has 3 aromatic rings. The summed E-state index contributed by atoms with van der Waals surface area (Å²) in [5.74, 6) is -0.429. The van der Waals surface area contributed by atoms with Gasteiger partial charge in [0.25, 0.3) is 0 Å². The topological polar surface area (TPSA) is 20.9 Å². The molecule has 0 spiro atoms. The summed E-state index contributed by atoms with van der Waals surface area (Å²) in [7, 11) is 0. The summed E-state index contributed by atoms with van der Waals surface area (Å²) >= 11 is 0.